The lowest BCUT2D eigenvalue weighted by atomic mass is 9.94. The SMILES string of the molecule is CC(C)C(C=O)=CC1CCOCC1. The molecule has 13 heavy (non-hydrogen) atoms. The van der Waals surface area contributed by atoms with Gasteiger partial charge in [-0.3, -0.25) is 4.79 Å². The molecule has 0 bridgehead atoms. The summed E-state index contributed by atoms with van der Waals surface area (Å²) in [5.74, 6) is 0.900. The van der Waals surface area contributed by atoms with Crippen LogP contribution in [0.2, 0.25) is 0 Å². The molecular formula is C11H18O2. The highest BCUT2D eigenvalue weighted by Gasteiger charge is 2.13. The summed E-state index contributed by atoms with van der Waals surface area (Å²) in [4.78, 5) is 10.7. The Bertz CT molecular complexity index is 188. The highest BCUT2D eigenvalue weighted by Crippen LogP contribution is 2.19. The first-order valence-corrected chi connectivity index (χ1v) is 4.98. The summed E-state index contributed by atoms with van der Waals surface area (Å²) in [6.45, 7) is 5.79. The van der Waals surface area contributed by atoms with Gasteiger partial charge in [-0.15, -0.1) is 0 Å². The average molecular weight is 182 g/mol. The minimum atomic E-state index is 0.348. The van der Waals surface area contributed by atoms with Gasteiger partial charge in [0.25, 0.3) is 0 Å². The van der Waals surface area contributed by atoms with Gasteiger partial charge in [-0.05, 0) is 30.3 Å². The van der Waals surface area contributed by atoms with Crippen LogP contribution in [0.15, 0.2) is 11.6 Å². The first-order chi connectivity index (χ1) is 6.24. The molecule has 1 aliphatic rings. The van der Waals surface area contributed by atoms with E-state index in [4.69, 9.17) is 4.74 Å². The van der Waals surface area contributed by atoms with Crippen molar-refractivity contribution >= 4 is 6.29 Å². The summed E-state index contributed by atoms with van der Waals surface area (Å²) in [6.07, 6.45) is 5.23. The molecule has 74 valence electrons. The molecule has 0 atom stereocenters. The number of ether oxygens (including phenoxy) is 1. The van der Waals surface area contributed by atoms with E-state index in [0.29, 0.717) is 11.8 Å². The number of carbonyl (C=O) groups excluding carboxylic acids is 1. The third kappa shape index (κ3) is 3.31. The summed E-state index contributed by atoms with van der Waals surface area (Å²) in [5, 5.41) is 0. The molecule has 1 rings (SSSR count). The predicted molar refractivity (Wildman–Crippen MR) is 52.5 cm³/mol. The van der Waals surface area contributed by atoms with Crippen molar-refractivity contribution in [2.24, 2.45) is 11.8 Å². The van der Waals surface area contributed by atoms with Crippen molar-refractivity contribution in [2.45, 2.75) is 26.7 Å². The fraction of sp³-hybridized carbons (Fsp3) is 0.727. The molecule has 0 aromatic rings. The van der Waals surface area contributed by atoms with Crippen LogP contribution in [0.1, 0.15) is 26.7 Å². The monoisotopic (exact) mass is 182 g/mol. The number of hydrogen-bond donors (Lipinski definition) is 0. The van der Waals surface area contributed by atoms with Crippen molar-refractivity contribution in [3.63, 3.8) is 0 Å². The maximum Gasteiger partial charge on any atom is 0.145 e. The van der Waals surface area contributed by atoms with Gasteiger partial charge in [0.1, 0.15) is 6.29 Å². The molecule has 0 unspecified atom stereocenters. The van der Waals surface area contributed by atoms with Crippen LogP contribution in [0.25, 0.3) is 0 Å². The summed E-state index contributed by atoms with van der Waals surface area (Å²) in [5.41, 5.74) is 0.937. The molecule has 1 saturated heterocycles. The van der Waals surface area contributed by atoms with Gasteiger partial charge in [-0.1, -0.05) is 19.9 Å². The van der Waals surface area contributed by atoms with Crippen molar-refractivity contribution in [1.29, 1.82) is 0 Å². The van der Waals surface area contributed by atoms with E-state index in [9.17, 15) is 4.79 Å². The van der Waals surface area contributed by atoms with Crippen LogP contribution in [-0.2, 0) is 9.53 Å². The molecule has 0 radical (unpaired) electrons. The zero-order valence-corrected chi connectivity index (χ0v) is 8.45. The Morgan fingerprint density at radius 3 is 2.46 bits per heavy atom. The zero-order valence-electron chi connectivity index (χ0n) is 8.45. The topological polar surface area (TPSA) is 26.3 Å². The summed E-state index contributed by atoms with van der Waals surface area (Å²) in [7, 11) is 0. The van der Waals surface area contributed by atoms with Crippen molar-refractivity contribution in [3.05, 3.63) is 11.6 Å². The fourth-order valence-electron chi connectivity index (χ4n) is 1.52. The maximum atomic E-state index is 10.7. The van der Waals surface area contributed by atoms with Crippen molar-refractivity contribution in [3.8, 4) is 0 Å². The summed E-state index contributed by atoms with van der Waals surface area (Å²) in [6, 6.07) is 0. The quantitative estimate of drug-likeness (QED) is 0.494. The lowest BCUT2D eigenvalue weighted by Gasteiger charge is -2.20. The minimum Gasteiger partial charge on any atom is -0.381 e. The van der Waals surface area contributed by atoms with Gasteiger partial charge < -0.3 is 4.74 Å². The smallest absolute Gasteiger partial charge is 0.145 e. The Morgan fingerprint density at radius 2 is 2.00 bits per heavy atom. The second-order valence-electron chi connectivity index (χ2n) is 3.89. The van der Waals surface area contributed by atoms with Crippen molar-refractivity contribution < 1.29 is 9.53 Å². The van der Waals surface area contributed by atoms with E-state index >= 15 is 0 Å². The third-order valence-electron chi connectivity index (χ3n) is 2.50. The van der Waals surface area contributed by atoms with Gasteiger partial charge in [0.2, 0.25) is 0 Å². The predicted octanol–water partition coefficient (Wildman–Crippen LogP) is 2.19. The van der Waals surface area contributed by atoms with E-state index in [1.807, 2.05) is 0 Å². The van der Waals surface area contributed by atoms with Crippen LogP contribution < -0.4 is 0 Å². The van der Waals surface area contributed by atoms with Crippen LogP contribution in [0.5, 0.6) is 0 Å². The lowest BCUT2D eigenvalue weighted by molar-refractivity contribution is -0.105. The van der Waals surface area contributed by atoms with Gasteiger partial charge in [-0.2, -0.15) is 0 Å². The molecule has 1 heterocycles. The van der Waals surface area contributed by atoms with E-state index in [2.05, 4.69) is 19.9 Å². The Labute approximate surface area is 80.0 Å². The van der Waals surface area contributed by atoms with E-state index in [0.717, 1.165) is 37.9 Å². The number of aldehydes is 1. The Kier molecular flexibility index (Phi) is 4.16. The molecule has 0 aromatic carbocycles. The molecule has 0 saturated carbocycles. The number of carbonyl (C=O) groups is 1. The molecular weight excluding hydrogens is 164 g/mol. The van der Waals surface area contributed by atoms with E-state index < -0.39 is 0 Å². The van der Waals surface area contributed by atoms with Gasteiger partial charge >= 0.3 is 0 Å². The van der Waals surface area contributed by atoms with Crippen LogP contribution in [-0.4, -0.2) is 19.5 Å². The molecule has 0 aliphatic carbocycles. The zero-order chi connectivity index (χ0) is 9.68. The largest absolute Gasteiger partial charge is 0.381 e. The van der Waals surface area contributed by atoms with E-state index in [-0.39, 0.29) is 0 Å². The molecule has 0 aromatic heterocycles. The average Bonchev–Trinajstić information content (AvgIpc) is 2.15. The van der Waals surface area contributed by atoms with Gasteiger partial charge in [-0.25, -0.2) is 0 Å². The second kappa shape index (κ2) is 5.18. The number of allylic oxidation sites excluding steroid dienone is 2. The first-order valence-electron chi connectivity index (χ1n) is 4.98. The van der Waals surface area contributed by atoms with Crippen molar-refractivity contribution in [1.82, 2.24) is 0 Å². The Balaban J connectivity index is 2.54. The van der Waals surface area contributed by atoms with Gasteiger partial charge in [0.15, 0.2) is 0 Å². The molecule has 0 spiro atoms. The third-order valence-corrected chi connectivity index (χ3v) is 2.50. The summed E-state index contributed by atoms with van der Waals surface area (Å²) >= 11 is 0. The first kappa shape index (κ1) is 10.5. The minimum absolute atomic E-state index is 0.348. The number of rotatable bonds is 3. The summed E-state index contributed by atoms with van der Waals surface area (Å²) < 4.78 is 5.26. The highest BCUT2D eigenvalue weighted by atomic mass is 16.5. The fourth-order valence-corrected chi connectivity index (χ4v) is 1.52. The van der Waals surface area contributed by atoms with Gasteiger partial charge in [0.05, 0.1) is 0 Å². The molecule has 1 aliphatic heterocycles. The maximum absolute atomic E-state index is 10.7. The lowest BCUT2D eigenvalue weighted by Crippen LogP contribution is -2.15. The molecule has 1 fully saturated rings. The van der Waals surface area contributed by atoms with Crippen LogP contribution in [0.3, 0.4) is 0 Å². The molecule has 0 amide bonds. The highest BCUT2D eigenvalue weighted by molar-refractivity contribution is 5.73. The van der Waals surface area contributed by atoms with Crippen LogP contribution in [0.4, 0.5) is 0 Å². The van der Waals surface area contributed by atoms with E-state index in [1.54, 1.807) is 0 Å². The standard InChI is InChI=1S/C11H18O2/c1-9(2)11(8-12)7-10-3-5-13-6-4-10/h7-10H,3-6H2,1-2H3. The van der Waals surface area contributed by atoms with Gasteiger partial charge in [0, 0.05) is 13.2 Å². The Morgan fingerprint density at radius 1 is 1.38 bits per heavy atom. The van der Waals surface area contributed by atoms with Crippen LogP contribution >= 0.6 is 0 Å². The molecule has 2 nitrogen and oxygen atoms in total. The van der Waals surface area contributed by atoms with Crippen LogP contribution in [0, 0.1) is 11.8 Å². The second-order valence-corrected chi connectivity index (χ2v) is 3.89. The number of hydrogen-bond acceptors (Lipinski definition) is 2. The van der Waals surface area contributed by atoms with Crippen molar-refractivity contribution in [2.75, 3.05) is 13.2 Å². The van der Waals surface area contributed by atoms with E-state index in [1.165, 1.54) is 0 Å². The normalized spacial score (nSPS) is 20.7. The Hall–Kier alpha value is -0.630. The molecule has 0 N–H and O–H groups in total. The molecule has 2 heteroatoms.